The molecule has 10 heteroatoms. The molecule has 0 aromatic heterocycles. The van der Waals surface area contributed by atoms with E-state index in [0.29, 0.717) is 0 Å². The highest BCUT2D eigenvalue weighted by Crippen LogP contribution is 2.36. The molecule has 0 amide bonds. The fraction of sp³-hybridized carbons (Fsp3) is 1.00. The highest BCUT2D eigenvalue weighted by atomic mass is 32.2. The molecule has 1 atom stereocenters. The van der Waals surface area contributed by atoms with Gasteiger partial charge in [0.05, 0.1) is 6.61 Å². The van der Waals surface area contributed by atoms with E-state index < -0.39 is 43.3 Å². The van der Waals surface area contributed by atoms with Gasteiger partial charge >= 0.3 is 15.6 Å². The number of rotatable bonds is 6. The van der Waals surface area contributed by atoms with Crippen LogP contribution in [0.15, 0.2) is 0 Å². The minimum absolute atomic E-state index is 0.189. The monoisotopic (exact) mass is 340 g/mol. The first-order valence-corrected chi connectivity index (χ1v) is 10.2. The Morgan fingerprint density at radius 2 is 1.55 bits per heavy atom. The Hall–Kier alpha value is -0.193. The van der Waals surface area contributed by atoms with Gasteiger partial charge in [-0.15, -0.1) is 0 Å². The fourth-order valence-electron chi connectivity index (χ4n) is 0.794. The van der Waals surface area contributed by atoms with Crippen LogP contribution in [0.4, 0.5) is 17.6 Å². The van der Waals surface area contributed by atoms with Crippen LogP contribution in [0.25, 0.3) is 0 Å². The van der Waals surface area contributed by atoms with Crippen LogP contribution in [-0.4, -0.2) is 41.6 Å². The minimum atomic E-state index is -5.76. The van der Waals surface area contributed by atoms with E-state index in [9.17, 15) is 26.0 Å². The quantitative estimate of drug-likeness (QED) is 0.322. The lowest BCUT2D eigenvalue weighted by Crippen LogP contribution is -2.42. The van der Waals surface area contributed by atoms with Gasteiger partial charge in [-0.2, -0.15) is 21.6 Å². The summed E-state index contributed by atoms with van der Waals surface area (Å²) < 4.78 is 79.4. The summed E-state index contributed by atoms with van der Waals surface area (Å²) in [4.78, 5) is 0. The van der Waals surface area contributed by atoms with Crippen molar-refractivity contribution in [3.05, 3.63) is 0 Å². The van der Waals surface area contributed by atoms with Gasteiger partial charge in [-0.05, 0) is 18.1 Å². The lowest BCUT2D eigenvalue weighted by molar-refractivity contribution is -0.0557. The van der Waals surface area contributed by atoms with Crippen molar-refractivity contribution in [2.45, 2.75) is 50.6 Å². The molecule has 0 aromatic rings. The van der Waals surface area contributed by atoms with E-state index in [2.05, 4.69) is 4.18 Å². The standard InChI is InChI=1S/C10H20F4O4SSi/c1-9(2,3)20(4,5)18-7-8(11)6-17-19(15,16)10(12,13)14/h8H,6-7H2,1-5H3/t8-/m1/s1. The van der Waals surface area contributed by atoms with Gasteiger partial charge in [-0.3, -0.25) is 4.18 Å². The Morgan fingerprint density at radius 3 is 1.90 bits per heavy atom. The largest absolute Gasteiger partial charge is 0.523 e. The highest BCUT2D eigenvalue weighted by molar-refractivity contribution is 7.87. The van der Waals surface area contributed by atoms with Crippen LogP contribution < -0.4 is 0 Å². The van der Waals surface area contributed by atoms with Gasteiger partial charge in [0.2, 0.25) is 0 Å². The fourth-order valence-corrected chi connectivity index (χ4v) is 2.28. The second kappa shape index (κ2) is 6.28. The summed E-state index contributed by atoms with van der Waals surface area (Å²) in [5, 5.41) is -0.189. The zero-order valence-electron chi connectivity index (χ0n) is 12.0. The van der Waals surface area contributed by atoms with Crippen LogP contribution in [-0.2, 0) is 18.7 Å². The summed E-state index contributed by atoms with van der Waals surface area (Å²) in [6.07, 6.45) is -1.94. The van der Waals surface area contributed by atoms with E-state index in [4.69, 9.17) is 4.43 Å². The van der Waals surface area contributed by atoms with Crippen molar-refractivity contribution in [1.82, 2.24) is 0 Å². The molecule has 122 valence electrons. The second-order valence-electron chi connectivity index (χ2n) is 5.85. The predicted octanol–water partition coefficient (Wildman–Crippen LogP) is 3.21. The van der Waals surface area contributed by atoms with Gasteiger partial charge in [-0.25, -0.2) is 4.39 Å². The van der Waals surface area contributed by atoms with E-state index in [1.54, 1.807) is 0 Å². The molecule has 0 bridgehead atoms. The van der Waals surface area contributed by atoms with Crippen LogP contribution in [0.3, 0.4) is 0 Å². The minimum Gasteiger partial charge on any atom is -0.414 e. The molecule has 0 fully saturated rings. The summed E-state index contributed by atoms with van der Waals surface area (Å²) in [5.74, 6) is 0. The third kappa shape index (κ3) is 5.66. The average molecular weight is 340 g/mol. The Balaban J connectivity index is 4.38. The third-order valence-corrected chi connectivity index (χ3v) is 8.63. The topological polar surface area (TPSA) is 52.6 Å². The number of halogens is 4. The van der Waals surface area contributed by atoms with Crippen LogP contribution in [0.2, 0.25) is 18.1 Å². The molecule has 0 aromatic carbocycles. The maximum atomic E-state index is 13.4. The van der Waals surface area contributed by atoms with Gasteiger partial charge in [0.25, 0.3) is 0 Å². The molecule has 0 rings (SSSR count). The van der Waals surface area contributed by atoms with Crippen LogP contribution >= 0.6 is 0 Å². The molecular weight excluding hydrogens is 320 g/mol. The lowest BCUT2D eigenvalue weighted by atomic mass is 10.2. The molecule has 0 saturated carbocycles. The third-order valence-electron chi connectivity index (χ3n) is 3.12. The van der Waals surface area contributed by atoms with E-state index >= 15 is 0 Å². The molecule has 0 heterocycles. The lowest BCUT2D eigenvalue weighted by Gasteiger charge is -2.36. The SMILES string of the molecule is CC(C)(C)[Si](C)(C)OC[C@H](F)COS(=O)(=O)C(F)(F)F. The van der Waals surface area contributed by atoms with E-state index in [1.165, 1.54) is 0 Å². The van der Waals surface area contributed by atoms with Gasteiger partial charge in [0, 0.05) is 0 Å². The van der Waals surface area contributed by atoms with E-state index in [0.717, 1.165) is 0 Å². The molecule has 0 saturated heterocycles. The number of alkyl halides is 4. The first kappa shape index (κ1) is 19.8. The van der Waals surface area contributed by atoms with Gasteiger partial charge < -0.3 is 4.43 Å². The molecule has 20 heavy (non-hydrogen) atoms. The molecule has 0 N–H and O–H groups in total. The van der Waals surface area contributed by atoms with Crippen LogP contribution in [0, 0.1) is 0 Å². The maximum Gasteiger partial charge on any atom is 0.523 e. The Morgan fingerprint density at radius 1 is 1.10 bits per heavy atom. The maximum absolute atomic E-state index is 13.4. The molecule has 0 aliphatic rings. The Labute approximate surface area is 117 Å². The molecule has 0 radical (unpaired) electrons. The number of hydrogen-bond acceptors (Lipinski definition) is 4. The van der Waals surface area contributed by atoms with Crippen molar-refractivity contribution in [2.24, 2.45) is 0 Å². The summed E-state index contributed by atoms with van der Waals surface area (Å²) in [5.41, 5.74) is -5.55. The van der Waals surface area contributed by atoms with E-state index in [-0.39, 0.29) is 5.04 Å². The van der Waals surface area contributed by atoms with E-state index in [1.807, 2.05) is 33.9 Å². The highest BCUT2D eigenvalue weighted by Gasteiger charge is 2.47. The van der Waals surface area contributed by atoms with Gasteiger partial charge in [-0.1, -0.05) is 20.8 Å². The molecular formula is C10H20F4O4SSi. The summed E-state index contributed by atoms with van der Waals surface area (Å²) in [6, 6.07) is 0. The Kier molecular flexibility index (Phi) is 6.22. The summed E-state index contributed by atoms with van der Waals surface area (Å²) in [6.45, 7) is 7.71. The van der Waals surface area contributed by atoms with Crippen LogP contribution in [0.1, 0.15) is 20.8 Å². The van der Waals surface area contributed by atoms with Crippen molar-refractivity contribution >= 4 is 18.4 Å². The van der Waals surface area contributed by atoms with Crippen molar-refractivity contribution in [1.29, 1.82) is 0 Å². The molecule has 4 nitrogen and oxygen atoms in total. The van der Waals surface area contributed by atoms with Gasteiger partial charge in [0.15, 0.2) is 8.32 Å². The second-order valence-corrected chi connectivity index (χ2v) is 12.3. The normalized spacial score (nSPS) is 16.2. The van der Waals surface area contributed by atoms with Crippen molar-refractivity contribution in [2.75, 3.05) is 13.2 Å². The van der Waals surface area contributed by atoms with Gasteiger partial charge in [0.1, 0.15) is 12.8 Å². The summed E-state index contributed by atoms with van der Waals surface area (Å²) in [7, 11) is -8.01. The molecule has 0 aliphatic heterocycles. The zero-order chi connectivity index (χ0) is 16.4. The predicted molar refractivity (Wildman–Crippen MR) is 69.0 cm³/mol. The van der Waals surface area contributed by atoms with Crippen LogP contribution in [0.5, 0.6) is 0 Å². The average Bonchev–Trinajstić information content (AvgIpc) is 2.20. The summed E-state index contributed by atoms with van der Waals surface area (Å²) >= 11 is 0. The first-order chi connectivity index (χ1) is 8.60. The number of hydrogen-bond donors (Lipinski definition) is 0. The first-order valence-electron chi connectivity index (χ1n) is 5.84. The van der Waals surface area contributed by atoms with Crippen molar-refractivity contribution in [3.8, 4) is 0 Å². The van der Waals surface area contributed by atoms with Crippen molar-refractivity contribution in [3.63, 3.8) is 0 Å². The zero-order valence-corrected chi connectivity index (χ0v) is 13.9. The van der Waals surface area contributed by atoms with Crippen molar-refractivity contribution < 1.29 is 34.6 Å². The Bertz CT molecular complexity index is 414. The molecule has 0 unspecified atom stereocenters. The molecule has 0 spiro atoms. The molecule has 0 aliphatic carbocycles. The smallest absolute Gasteiger partial charge is 0.414 e.